The second kappa shape index (κ2) is 19.0. The summed E-state index contributed by atoms with van der Waals surface area (Å²) in [4.78, 5) is 22.7. The molecule has 2 saturated heterocycles. The molecule has 2 rings (SSSR count). The molecular weight excluding hydrogens is 494 g/mol. The molecule has 0 bridgehead atoms. The highest BCUT2D eigenvalue weighted by molar-refractivity contribution is 5.79. The lowest BCUT2D eigenvalue weighted by atomic mass is 9.97. The SMILES string of the molecule is C=C(C)/C=C\C(CN1CCC(N2CCN(C/C(C)=C\C)CC2CC)CC1)=C(C)C.C=N/C=C(\C)NC(=O)C(C)C. The first-order chi connectivity index (χ1) is 18.9. The topological polar surface area (TPSA) is 51.2 Å². The Hall–Kier alpha value is -2.28. The van der Waals surface area contributed by atoms with Crippen molar-refractivity contribution in [1.82, 2.24) is 20.0 Å². The van der Waals surface area contributed by atoms with Crippen LogP contribution < -0.4 is 5.32 Å². The Balaban J connectivity index is 0.000000614. The molecule has 1 atom stereocenters. The van der Waals surface area contributed by atoms with Crippen LogP contribution in [0.4, 0.5) is 0 Å². The Bertz CT molecular complexity index is 930. The first kappa shape index (κ1) is 35.7. The van der Waals surface area contributed by atoms with Crippen molar-refractivity contribution in [2.75, 3.05) is 45.8 Å². The number of hydrogen-bond acceptors (Lipinski definition) is 5. The predicted molar refractivity (Wildman–Crippen MR) is 175 cm³/mol. The van der Waals surface area contributed by atoms with Crippen LogP contribution in [0, 0.1) is 5.92 Å². The Kier molecular flexibility index (Phi) is 16.9. The van der Waals surface area contributed by atoms with E-state index in [1.807, 2.05) is 13.8 Å². The molecule has 2 fully saturated rings. The fourth-order valence-electron chi connectivity index (χ4n) is 5.14. The van der Waals surface area contributed by atoms with E-state index in [1.165, 1.54) is 74.9 Å². The molecule has 226 valence electrons. The highest BCUT2D eigenvalue weighted by atomic mass is 16.1. The molecule has 1 amide bonds. The lowest BCUT2D eigenvalue weighted by molar-refractivity contribution is -0.123. The van der Waals surface area contributed by atoms with Gasteiger partial charge in [-0.05, 0) is 86.2 Å². The number of aliphatic imine (C=N–C) groups is 1. The van der Waals surface area contributed by atoms with Crippen molar-refractivity contribution in [2.45, 2.75) is 93.7 Å². The van der Waals surface area contributed by atoms with Crippen LogP contribution in [0.5, 0.6) is 0 Å². The molecule has 40 heavy (non-hydrogen) atoms. The number of carbonyl (C=O) groups is 1. The Morgan fingerprint density at radius 2 is 1.65 bits per heavy atom. The smallest absolute Gasteiger partial charge is 0.226 e. The number of hydrogen-bond donors (Lipinski definition) is 1. The minimum atomic E-state index is 0.00222. The van der Waals surface area contributed by atoms with Crippen molar-refractivity contribution in [3.8, 4) is 0 Å². The number of piperazine rings is 1. The highest BCUT2D eigenvalue weighted by Crippen LogP contribution is 2.24. The fraction of sp³-hybridized carbons (Fsp3) is 0.647. The van der Waals surface area contributed by atoms with E-state index in [0.717, 1.165) is 36.4 Å². The van der Waals surface area contributed by atoms with Crippen molar-refractivity contribution < 1.29 is 4.79 Å². The van der Waals surface area contributed by atoms with E-state index in [0.29, 0.717) is 0 Å². The average molecular weight is 554 g/mol. The van der Waals surface area contributed by atoms with Gasteiger partial charge in [-0.25, -0.2) is 0 Å². The number of piperidine rings is 1. The molecule has 2 aliphatic heterocycles. The van der Waals surface area contributed by atoms with E-state index in [2.05, 4.69) is 98.1 Å². The molecule has 6 nitrogen and oxygen atoms in total. The van der Waals surface area contributed by atoms with Crippen molar-refractivity contribution in [3.63, 3.8) is 0 Å². The second-order valence-corrected chi connectivity index (χ2v) is 12.0. The van der Waals surface area contributed by atoms with Crippen LogP contribution in [0.2, 0.25) is 0 Å². The Labute approximate surface area is 246 Å². The summed E-state index contributed by atoms with van der Waals surface area (Å²) in [5, 5.41) is 2.67. The normalized spacial score (nSPS) is 20.3. The van der Waals surface area contributed by atoms with Gasteiger partial charge >= 0.3 is 0 Å². The molecule has 0 aromatic heterocycles. The van der Waals surface area contributed by atoms with Crippen LogP contribution in [0.3, 0.4) is 0 Å². The maximum atomic E-state index is 11.0. The molecule has 2 heterocycles. The van der Waals surface area contributed by atoms with Gasteiger partial charge in [-0.3, -0.25) is 24.5 Å². The molecule has 2 aliphatic rings. The van der Waals surface area contributed by atoms with E-state index >= 15 is 0 Å². The molecule has 1 unspecified atom stereocenters. The number of rotatable bonds is 11. The van der Waals surface area contributed by atoms with Gasteiger partial charge in [-0.1, -0.05) is 62.3 Å². The summed E-state index contributed by atoms with van der Waals surface area (Å²) < 4.78 is 0. The van der Waals surface area contributed by atoms with Crippen LogP contribution in [0.1, 0.15) is 81.6 Å². The zero-order valence-corrected chi connectivity index (χ0v) is 27.2. The van der Waals surface area contributed by atoms with Gasteiger partial charge in [-0.2, -0.15) is 0 Å². The quantitative estimate of drug-likeness (QED) is 0.178. The van der Waals surface area contributed by atoms with Gasteiger partial charge in [0.05, 0.1) is 0 Å². The predicted octanol–water partition coefficient (Wildman–Crippen LogP) is 6.60. The Morgan fingerprint density at radius 3 is 2.15 bits per heavy atom. The number of nitrogens with zero attached hydrogens (tertiary/aromatic N) is 4. The maximum Gasteiger partial charge on any atom is 0.226 e. The number of likely N-dealkylation sites (tertiary alicyclic amines) is 1. The van der Waals surface area contributed by atoms with E-state index in [9.17, 15) is 4.79 Å². The molecule has 0 saturated carbocycles. The van der Waals surface area contributed by atoms with Crippen molar-refractivity contribution in [2.24, 2.45) is 10.9 Å². The number of carbonyl (C=O) groups excluding carboxylic acids is 1. The van der Waals surface area contributed by atoms with Gasteiger partial charge in [0.2, 0.25) is 5.91 Å². The third-order valence-corrected chi connectivity index (χ3v) is 7.81. The Morgan fingerprint density at radius 1 is 1.00 bits per heavy atom. The minimum absolute atomic E-state index is 0.00222. The van der Waals surface area contributed by atoms with E-state index < -0.39 is 0 Å². The molecule has 6 heteroatoms. The fourth-order valence-corrected chi connectivity index (χ4v) is 5.14. The first-order valence-electron chi connectivity index (χ1n) is 15.2. The lowest BCUT2D eigenvalue weighted by Gasteiger charge is -2.47. The molecule has 0 radical (unpaired) electrons. The third kappa shape index (κ3) is 13.4. The largest absolute Gasteiger partial charge is 0.328 e. The molecule has 0 aromatic carbocycles. The van der Waals surface area contributed by atoms with E-state index in [-0.39, 0.29) is 11.8 Å². The summed E-state index contributed by atoms with van der Waals surface area (Å²) in [6, 6.07) is 1.49. The summed E-state index contributed by atoms with van der Waals surface area (Å²) >= 11 is 0. The zero-order valence-electron chi connectivity index (χ0n) is 27.2. The van der Waals surface area contributed by atoms with E-state index in [4.69, 9.17) is 0 Å². The number of allylic oxidation sites excluding steroid dienone is 5. The van der Waals surface area contributed by atoms with Crippen LogP contribution in [-0.2, 0) is 4.79 Å². The van der Waals surface area contributed by atoms with Gasteiger partial charge in [-0.15, -0.1) is 0 Å². The minimum Gasteiger partial charge on any atom is -0.328 e. The van der Waals surface area contributed by atoms with Crippen LogP contribution in [0.15, 0.2) is 64.0 Å². The summed E-state index contributed by atoms with van der Waals surface area (Å²) in [5.74, 6) is 0.00515. The van der Waals surface area contributed by atoms with Crippen LogP contribution in [-0.4, -0.2) is 85.2 Å². The summed E-state index contributed by atoms with van der Waals surface area (Å²) in [6.07, 6.45) is 12.1. The van der Waals surface area contributed by atoms with Gasteiger partial charge in [0.1, 0.15) is 0 Å². The highest BCUT2D eigenvalue weighted by Gasteiger charge is 2.32. The second-order valence-electron chi connectivity index (χ2n) is 12.0. The van der Waals surface area contributed by atoms with Crippen molar-refractivity contribution >= 4 is 12.6 Å². The van der Waals surface area contributed by atoms with Crippen LogP contribution >= 0.6 is 0 Å². The summed E-state index contributed by atoms with van der Waals surface area (Å²) in [5.41, 5.74) is 6.21. The molecule has 0 aromatic rings. The van der Waals surface area contributed by atoms with Gasteiger partial charge in [0.15, 0.2) is 0 Å². The van der Waals surface area contributed by atoms with Gasteiger partial charge in [0, 0.05) is 62.6 Å². The third-order valence-electron chi connectivity index (χ3n) is 7.81. The van der Waals surface area contributed by atoms with Crippen molar-refractivity contribution in [1.29, 1.82) is 0 Å². The molecule has 0 aliphatic carbocycles. The summed E-state index contributed by atoms with van der Waals surface area (Å²) in [7, 11) is 0. The van der Waals surface area contributed by atoms with E-state index in [1.54, 1.807) is 6.92 Å². The maximum absolute atomic E-state index is 11.0. The summed E-state index contributed by atoms with van der Waals surface area (Å²) in [6.45, 7) is 34.4. The van der Waals surface area contributed by atoms with Crippen molar-refractivity contribution in [3.05, 3.63) is 59.0 Å². The lowest BCUT2D eigenvalue weighted by Crippen LogP contribution is -2.58. The van der Waals surface area contributed by atoms with Crippen LogP contribution in [0.25, 0.3) is 0 Å². The average Bonchev–Trinajstić information content (AvgIpc) is 2.91. The first-order valence-corrected chi connectivity index (χ1v) is 15.2. The molecular formula is C34H59N5O. The van der Waals surface area contributed by atoms with Gasteiger partial charge in [0.25, 0.3) is 0 Å². The monoisotopic (exact) mass is 553 g/mol. The standard InChI is InChI=1S/C26H45N3.C8H14N2O/c1-8-23(7)18-28-16-17-29(25(9-2)20-28)26-12-14-27(15-13-26)19-24(22(5)6)11-10-21(3)4;1-6(2)8(11)10-7(3)5-9-4/h8,10-11,25-26H,3,9,12-20H2,1-2,4-7H3;5-6H,4H2,1-3H3,(H,10,11)/b11-10-,23-8-;7-5+. The molecule has 0 spiro atoms. The van der Waals surface area contributed by atoms with Gasteiger partial charge < -0.3 is 5.32 Å². The number of nitrogens with one attached hydrogen (secondary N) is 1. The number of amides is 1. The molecule has 1 N–H and O–H groups in total. The zero-order chi connectivity index (χ0) is 30.2.